The van der Waals surface area contributed by atoms with Gasteiger partial charge in [0.1, 0.15) is 0 Å². The number of nitrogens with zero attached hydrogens (tertiary/aromatic N) is 7. The molecule has 0 aliphatic carbocycles. The lowest BCUT2D eigenvalue weighted by atomic mass is 9.78. The van der Waals surface area contributed by atoms with E-state index in [0.29, 0.717) is 0 Å². The van der Waals surface area contributed by atoms with E-state index in [2.05, 4.69) is 77.0 Å². The second-order valence-electron chi connectivity index (χ2n) is 13.2. The summed E-state index contributed by atoms with van der Waals surface area (Å²) < 4.78 is 0. The van der Waals surface area contributed by atoms with Gasteiger partial charge in [0.2, 0.25) is 17.8 Å². The van der Waals surface area contributed by atoms with Gasteiger partial charge in [0.25, 0.3) is 0 Å². The molecule has 0 aromatic carbocycles. The average molecular weight is 562 g/mol. The zero-order valence-electron chi connectivity index (χ0n) is 27.7. The predicted octanol–water partition coefficient (Wildman–Crippen LogP) is 7.70. The number of rotatable bonds is 19. The van der Waals surface area contributed by atoms with Gasteiger partial charge in [0, 0.05) is 49.8 Å². The number of hydrogen-bond donors (Lipinski definition) is 1. The lowest BCUT2D eigenvalue weighted by Crippen LogP contribution is -2.63. The van der Waals surface area contributed by atoms with E-state index in [-0.39, 0.29) is 17.1 Å². The Morgan fingerprint density at radius 3 is 1.27 bits per heavy atom. The van der Waals surface area contributed by atoms with Crippen molar-refractivity contribution in [2.24, 2.45) is 0 Å². The molecular weight excluding hydrogens is 498 g/mol. The Hall–Kier alpha value is -1.67. The molecule has 1 aliphatic heterocycles. The summed E-state index contributed by atoms with van der Waals surface area (Å²) in [6.45, 7) is 24.7. The minimum absolute atomic E-state index is 0.238. The molecule has 0 amide bonds. The van der Waals surface area contributed by atoms with Gasteiger partial charge in [-0.25, -0.2) is 0 Å². The van der Waals surface area contributed by atoms with Crippen molar-refractivity contribution in [3.05, 3.63) is 0 Å². The molecule has 2 heterocycles. The van der Waals surface area contributed by atoms with Crippen LogP contribution < -0.4 is 14.7 Å². The second kappa shape index (κ2) is 16.7. The zero-order valence-corrected chi connectivity index (χ0v) is 27.7. The molecule has 232 valence electrons. The summed E-state index contributed by atoms with van der Waals surface area (Å²) in [4.78, 5) is 23.0. The fraction of sp³-hybridized carbons (Fsp3) is 0.906. The van der Waals surface area contributed by atoms with Gasteiger partial charge < -0.3 is 19.9 Å². The second-order valence-corrected chi connectivity index (χ2v) is 13.2. The molecule has 0 bridgehead atoms. The first kappa shape index (κ1) is 34.5. The van der Waals surface area contributed by atoms with Crippen molar-refractivity contribution in [3.8, 4) is 0 Å². The van der Waals surface area contributed by atoms with E-state index in [9.17, 15) is 5.21 Å². The third-order valence-electron chi connectivity index (χ3n) is 8.36. The number of piperidine rings is 1. The topological polar surface area (TPSA) is 71.9 Å². The van der Waals surface area contributed by atoms with Crippen LogP contribution in [0.4, 0.5) is 17.8 Å². The van der Waals surface area contributed by atoms with Crippen LogP contribution in [0.2, 0.25) is 0 Å². The van der Waals surface area contributed by atoms with Crippen LogP contribution in [0.5, 0.6) is 0 Å². The van der Waals surface area contributed by atoms with Crippen molar-refractivity contribution < 1.29 is 5.21 Å². The standard InChI is InChI=1S/C32H63N7O/c1-10-15-20-36(21-16-11-2)28-33-29(37(22-17-12-3)23-18-13-4)35-30(34-28)38(24-19-14-5)27-25-31(6,7)39(40)32(8,9)26-27/h27,40H,10-26H2,1-9H3. The Bertz CT molecular complexity index is 774. The summed E-state index contributed by atoms with van der Waals surface area (Å²) in [6.07, 6.45) is 13.1. The summed E-state index contributed by atoms with van der Waals surface area (Å²) in [6, 6.07) is 0.238. The van der Waals surface area contributed by atoms with E-state index in [0.717, 1.165) is 128 Å². The largest absolute Gasteiger partial charge is 0.341 e. The highest BCUT2D eigenvalue weighted by Gasteiger charge is 2.47. The van der Waals surface area contributed by atoms with Gasteiger partial charge in [0.15, 0.2) is 0 Å². The molecule has 1 aliphatic rings. The first-order valence-corrected chi connectivity index (χ1v) is 16.6. The Kier molecular flexibility index (Phi) is 14.4. The number of hydroxylamine groups is 2. The van der Waals surface area contributed by atoms with E-state index in [1.807, 2.05) is 0 Å². The lowest BCUT2D eigenvalue weighted by molar-refractivity contribution is -0.244. The maximum Gasteiger partial charge on any atom is 0.232 e. The van der Waals surface area contributed by atoms with Gasteiger partial charge in [-0.2, -0.15) is 20.0 Å². The summed E-state index contributed by atoms with van der Waals surface area (Å²) in [7, 11) is 0. The Labute approximate surface area is 246 Å². The molecule has 2 rings (SSSR count). The smallest absolute Gasteiger partial charge is 0.232 e. The highest BCUT2D eigenvalue weighted by atomic mass is 16.5. The summed E-state index contributed by atoms with van der Waals surface area (Å²) >= 11 is 0. The fourth-order valence-corrected chi connectivity index (χ4v) is 5.99. The van der Waals surface area contributed by atoms with E-state index < -0.39 is 0 Å². The molecule has 0 saturated carbocycles. The van der Waals surface area contributed by atoms with Gasteiger partial charge in [-0.3, -0.25) is 0 Å². The zero-order chi connectivity index (χ0) is 29.8. The lowest BCUT2D eigenvalue weighted by Gasteiger charge is -2.53. The van der Waals surface area contributed by atoms with Crippen molar-refractivity contribution in [3.63, 3.8) is 0 Å². The minimum atomic E-state index is -0.335. The summed E-state index contributed by atoms with van der Waals surface area (Å²) in [5.41, 5.74) is -0.670. The Morgan fingerprint density at radius 2 is 0.925 bits per heavy atom. The van der Waals surface area contributed by atoms with Crippen molar-refractivity contribution in [1.29, 1.82) is 0 Å². The normalized spacial score (nSPS) is 17.2. The molecular formula is C32H63N7O. The molecule has 8 nitrogen and oxygen atoms in total. The molecule has 40 heavy (non-hydrogen) atoms. The number of unbranched alkanes of at least 4 members (excludes halogenated alkanes) is 5. The number of hydrogen-bond acceptors (Lipinski definition) is 8. The molecule has 1 aromatic rings. The van der Waals surface area contributed by atoms with E-state index in [4.69, 9.17) is 15.0 Å². The van der Waals surface area contributed by atoms with Gasteiger partial charge in [-0.15, -0.1) is 0 Å². The molecule has 0 unspecified atom stereocenters. The third-order valence-corrected chi connectivity index (χ3v) is 8.36. The van der Waals surface area contributed by atoms with Gasteiger partial charge in [-0.1, -0.05) is 66.7 Å². The van der Waals surface area contributed by atoms with Crippen LogP contribution in [0.3, 0.4) is 0 Å². The van der Waals surface area contributed by atoms with E-state index in [1.54, 1.807) is 5.06 Å². The molecule has 0 radical (unpaired) electrons. The van der Waals surface area contributed by atoms with Crippen molar-refractivity contribution in [2.45, 2.75) is 156 Å². The highest BCUT2D eigenvalue weighted by molar-refractivity contribution is 5.47. The van der Waals surface area contributed by atoms with Crippen molar-refractivity contribution in [2.75, 3.05) is 47.4 Å². The van der Waals surface area contributed by atoms with Crippen molar-refractivity contribution in [1.82, 2.24) is 20.0 Å². The first-order chi connectivity index (χ1) is 19.0. The number of aromatic nitrogens is 3. The van der Waals surface area contributed by atoms with Gasteiger partial charge in [-0.05, 0) is 72.6 Å². The van der Waals surface area contributed by atoms with Gasteiger partial charge >= 0.3 is 0 Å². The average Bonchev–Trinajstić information content (AvgIpc) is 2.91. The van der Waals surface area contributed by atoms with Crippen LogP contribution in [0.15, 0.2) is 0 Å². The quantitative estimate of drug-likeness (QED) is 0.184. The van der Waals surface area contributed by atoms with E-state index >= 15 is 0 Å². The molecule has 1 saturated heterocycles. The number of anilines is 3. The highest BCUT2D eigenvalue weighted by Crippen LogP contribution is 2.40. The van der Waals surface area contributed by atoms with Crippen molar-refractivity contribution >= 4 is 17.8 Å². The molecule has 0 atom stereocenters. The summed E-state index contributed by atoms with van der Waals surface area (Å²) in [5.74, 6) is 2.48. The monoisotopic (exact) mass is 562 g/mol. The Balaban J connectivity index is 2.65. The SMILES string of the molecule is CCCCN(CCCC)c1nc(N(CCCC)CCCC)nc(N(CCCC)C2CC(C)(C)N(O)C(C)(C)C2)n1. The van der Waals surface area contributed by atoms with Crippen LogP contribution in [-0.4, -0.2) is 75.1 Å². The third kappa shape index (κ3) is 9.71. The first-order valence-electron chi connectivity index (χ1n) is 16.6. The minimum Gasteiger partial charge on any atom is -0.341 e. The van der Waals surface area contributed by atoms with Crippen LogP contribution >= 0.6 is 0 Å². The summed E-state index contributed by atoms with van der Waals surface area (Å²) in [5, 5.41) is 12.6. The maximum absolute atomic E-state index is 11.0. The van der Waals surface area contributed by atoms with Crippen LogP contribution in [0, 0.1) is 0 Å². The molecule has 0 spiro atoms. The van der Waals surface area contributed by atoms with Crippen LogP contribution in [0.25, 0.3) is 0 Å². The molecule has 1 N–H and O–H groups in total. The molecule has 8 heteroatoms. The van der Waals surface area contributed by atoms with Crippen LogP contribution in [-0.2, 0) is 0 Å². The van der Waals surface area contributed by atoms with E-state index in [1.165, 1.54) is 0 Å². The predicted molar refractivity (Wildman–Crippen MR) is 171 cm³/mol. The maximum atomic E-state index is 11.0. The van der Waals surface area contributed by atoms with Crippen LogP contribution in [0.1, 0.15) is 139 Å². The fourth-order valence-electron chi connectivity index (χ4n) is 5.99. The Morgan fingerprint density at radius 1 is 0.600 bits per heavy atom. The van der Waals surface area contributed by atoms with Gasteiger partial charge in [0.05, 0.1) is 0 Å². The molecule has 1 aromatic heterocycles. The molecule has 1 fully saturated rings.